The lowest BCUT2D eigenvalue weighted by atomic mass is 9.83. The standard InChI is InChI=1S/C48H43N3/c1-47(2,3)36-27-38-39-28-37(48(4,5)6)30-41(46(39)51-45(38)40(29-36)42-22-13-14-23-49-42)44-26-35(32-18-11-8-12-19-32)25-43(50-44)34-21-15-20-33(24-34)31-16-9-7-10-17-31/h7-30,51H,1-6H3. The van der Waals surface area contributed by atoms with Crippen LogP contribution in [-0.2, 0) is 10.8 Å². The summed E-state index contributed by atoms with van der Waals surface area (Å²) in [6, 6.07) is 50.0. The predicted molar refractivity (Wildman–Crippen MR) is 216 cm³/mol. The van der Waals surface area contributed by atoms with E-state index in [1.807, 2.05) is 12.3 Å². The van der Waals surface area contributed by atoms with Crippen molar-refractivity contribution in [2.75, 3.05) is 0 Å². The SMILES string of the molecule is CC(C)(C)c1cc(-c2ccccn2)c2[nH]c3c(-c4cc(-c5ccccc5)cc(-c5cccc(-c6ccccc6)c5)n4)cc(C(C)(C)C)cc3c2c1. The van der Waals surface area contributed by atoms with Crippen LogP contribution in [0.3, 0.4) is 0 Å². The molecule has 0 saturated heterocycles. The Morgan fingerprint density at radius 1 is 0.412 bits per heavy atom. The average molecular weight is 662 g/mol. The van der Waals surface area contributed by atoms with Gasteiger partial charge < -0.3 is 4.98 Å². The summed E-state index contributed by atoms with van der Waals surface area (Å²) in [5, 5.41) is 2.41. The summed E-state index contributed by atoms with van der Waals surface area (Å²) in [6.45, 7) is 13.7. The first-order chi connectivity index (χ1) is 24.5. The molecule has 5 aromatic carbocycles. The first kappa shape index (κ1) is 32.4. The van der Waals surface area contributed by atoms with Crippen molar-refractivity contribution in [3.63, 3.8) is 0 Å². The van der Waals surface area contributed by atoms with E-state index in [1.54, 1.807) is 0 Å². The fraction of sp³-hybridized carbons (Fsp3) is 0.167. The summed E-state index contributed by atoms with van der Waals surface area (Å²) in [7, 11) is 0. The van der Waals surface area contributed by atoms with Crippen LogP contribution in [0, 0.1) is 0 Å². The van der Waals surface area contributed by atoms with Crippen LogP contribution in [0.25, 0.3) is 77.8 Å². The van der Waals surface area contributed by atoms with Crippen molar-refractivity contribution >= 4 is 21.8 Å². The van der Waals surface area contributed by atoms with E-state index in [2.05, 4.69) is 180 Å². The Balaban J connectivity index is 1.43. The van der Waals surface area contributed by atoms with Crippen LogP contribution in [0.15, 0.2) is 146 Å². The molecule has 0 unspecified atom stereocenters. The van der Waals surface area contributed by atoms with Gasteiger partial charge in [-0.15, -0.1) is 0 Å². The molecule has 0 saturated carbocycles. The number of hydrogen-bond acceptors (Lipinski definition) is 2. The molecule has 3 heterocycles. The quantitative estimate of drug-likeness (QED) is 0.199. The Bertz CT molecular complexity index is 2510. The van der Waals surface area contributed by atoms with Gasteiger partial charge in [-0.05, 0) is 98.8 Å². The lowest BCUT2D eigenvalue weighted by Gasteiger charge is -2.22. The Morgan fingerprint density at radius 3 is 1.49 bits per heavy atom. The van der Waals surface area contributed by atoms with Crippen molar-refractivity contribution in [2.45, 2.75) is 52.4 Å². The Kier molecular flexibility index (Phi) is 7.95. The van der Waals surface area contributed by atoms with E-state index in [4.69, 9.17) is 9.97 Å². The molecular formula is C48H43N3. The molecule has 0 fully saturated rings. The molecule has 0 atom stereocenters. The molecule has 0 aliphatic carbocycles. The van der Waals surface area contributed by atoms with Gasteiger partial charge in [0, 0.05) is 33.7 Å². The molecular weight excluding hydrogens is 619 g/mol. The van der Waals surface area contributed by atoms with Crippen LogP contribution in [0.1, 0.15) is 52.7 Å². The van der Waals surface area contributed by atoms with E-state index in [0.29, 0.717) is 0 Å². The van der Waals surface area contributed by atoms with E-state index < -0.39 is 0 Å². The third-order valence-electron chi connectivity index (χ3n) is 9.96. The lowest BCUT2D eigenvalue weighted by molar-refractivity contribution is 0.590. The van der Waals surface area contributed by atoms with Gasteiger partial charge in [-0.3, -0.25) is 4.98 Å². The van der Waals surface area contributed by atoms with Gasteiger partial charge in [0.1, 0.15) is 0 Å². The molecule has 250 valence electrons. The number of H-pyrrole nitrogens is 1. The third kappa shape index (κ3) is 6.25. The average Bonchev–Trinajstić information content (AvgIpc) is 3.53. The number of hydrogen-bond donors (Lipinski definition) is 1. The van der Waals surface area contributed by atoms with Crippen molar-refractivity contribution < 1.29 is 0 Å². The van der Waals surface area contributed by atoms with Crippen molar-refractivity contribution in [3.05, 3.63) is 157 Å². The molecule has 3 aromatic heterocycles. The molecule has 3 nitrogen and oxygen atoms in total. The molecule has 0 aliphatic rings. The second kappa shape index (κ2) is 12.5. The highest BCUT2D eigenvalue weighted by Gasteiger charge is 2.24. The molecule has 0 aliphatic heterocycles. The summed E-state index contributed by atoms with van der Waals surface area (Å²) >= 11 is 0. The van der Waals surface area contributed by atoms with Crippen molar-refractivity contribution in [1.29, 1.82) is 0 Å². The van der Waals surface area contributed by atoms with Crippen LogP contribution in [0.2, 0.25) is 0 Å². The van der Waals surface area contributed by atoms with Crippen LogP contribution < -0.4 is 0 Å². The van der Waals surface area contributed by atoms with Gasteiger partial charge in [-0.2, -0.15) is 0 Å². The minimum Gasteiger partial charge on any atom is -0.353 e. The van der Waals surface area contributed by atoms with Crippen LogP contribution in [0.4, 0.5) is 0 Å². The second-order valence-corrected chi connectivity index (χ2v) is 15.7. The molecule has 0 amide bonds. The normalized spacial score (nSPS) is 12.1. The zero-order chi connectivity index (χ0) is 35.3. The summed E-state index contributed by atoms with van der Waals surface area (Å²) in [5.74, 6) is 0. The number of benzene rings is 5. The zero-order valence-electron chi connectivity index (χ0n) is 30.3. The molecule has 0 bridgehead atoms. The van der Waals surface area contributed by atoms with Crippen LogP contribution in [-0.4, -0.2) is 15.0 Å². The summed E-state index contributed by atoms with van der Waals surface area (Å²) < 4.78 is 0. The number of rotatable bonds is 5. The van der Waals surface area contributed by atoms with Gasteiger partial charge in [0.2, 0.25) is 0 Å². The van der Waals surface area contributed by atoms with E-state index in [-0.39, 0.29) is 10.8 Å². The maximum atomic E-state index is 5.48. The smallest absolute Gasteiger partial charge is 0.0736 e. The monoisotopic (exact) mass is 661 g/mol. The number of aromatic amines is 1. The number of fused-ring (bicyclic) bond motifs is 3. The second-order valence-electron chi connectivity index (χ2n) is 15.7. The van der Waals surface area contributed by atoms with Gasteiger partial charge in [0.05, 0.1) is 28.1 Å². The first-order valence-electron chi connectivity index (χ1n) is 17.8. The maximum absolute atomic E-state index is 5.48. The van der Waals surface area contributed by atoms with E-state index in [0.717, 1.165) is 55.9 Å². The molecule has 51 heavy (non-hydrogen) atoms. The van der Waals surface area contributed by atoms with Crippen molar-refractivity contribution in [1.82, 2.24) is 15.0 Å². The first-order valence-corrected chi connectivity index (χ1v) is 17.8. The van der Waals surface area contributed by atoms with E-state index in [1.165, 1.54) is 33.0 Å². The lowest BCUT2D eigenvalue weighted by Crippen LogP contribution is -2.11. The maximum Gasteiger partial charge on any atom is 0.0736 e. The fourth-order valence-electron chi connectivity index (χ4n) is 7.00. The van der Waals surface area contributed by atoms with Gasteiger partial charge >= 0.3 is 0 Å². The molecule has 1 N–H and O–H groups in total. The summed E-state index contributed by atoms with van der Waals surface area (Å²) in [4.78, 5) is 14.2. The van der Waals surface area contributed by atoms with Gasteiger partial charge in [0.15, 0.2) is 0 Å². The van der Waals surface area contributed by atoms with Gasteiger partial charge in [-0.1, -0.05) is 126 Å². The van der Waals surface area contributed by atoms with Crippen molar-refractivity contribution in [2.24, 2.45) is 0 Å². The number of pyridine rings is 2. The molecule has 0 spiro atoms. The largest absolute Gasteiger partial charge is 0.353 e. The summed E-state index contributed by atoms with van der Waals surface area (Å²) in [6.07, 6.45) is 1.88. The van der Waals surface area contributed by atoms with Gasteiger partial charge in [0.25, 0.3) is 0 Å². The Hall–Kier alpha value is -5.80. The van der Waals surface area contributed by atoms with Crippen LogP contribution in [0.5, 0.6) is 0 Å². The number of aromatic nitrogens is 3. The van der Waals surface area contributed by atoms with Gasteiger partial charge in [-0.25, -0.2) is 4.98 Å². The number of nitrogens with one attached hydrogen (secondary N) is 1. The Morgan fingerprint density at radius 2 is 0.922 bits per heavy atom. The molecule has 8 rings (SSSR count). The predicted octanol–water partition coefficient (Wildman–Crippen LogP) is 13.0. The topological polar surface area (TPSA) is 41.6 Å². The number of nitrogens with zero attached hydrogens (tertiary/aromatic N) is 2. The highest BCUT2D eigenvalue weighted by Crippen LogP contribution is 2.43. The third-order valence-corrected chi connectivity index (χ3v) is 9.96. The zero-order valence-corrected chi connectivity index (χ0v) is 30.3. The minimum atomic E-state index is -0.0815. The van der Waals surface area contributed by atoms with Crippen LogP contribution >= 0.6 is 0 Å². The molecule has 8 aromatic rings. The summed E-state index contributed by atoms with van der Waals surface area (Å²) in [5.41, 5.74) is 15.4. The minimum absolute atomic E-state index is 0.0411. The fourth-order valence-corrected chi connectivity index (χ4v) is 7.00. The molecule has 0 radical (unpaired) electrons. The van der Waals surface area contributed by atoms with Crippen molar-refractivity contribution in [3.8, 4) is 56.0 Å². The Labute approximate surface area is 301 Å². The van der Waals surface area contributed by atoms with E-state index >= 15 is 0 Å². The molecule has 3 heteroatoms. The van der Waals surface area contributed by atoms with E-state index in [9.17, 15) is 0 Å². The highest BCUT2D eigenvalue weighted by atomic mass is 14.8. The highest BCUT2D eigenvalue weighted by molar-refractivity contribution is 6.15.